The van der Waals surface area contributed by atoms with Crippen LogP contribution in [0.1, 0.15) is 24.0 Å². The lowest BCUT2D eigenvalue weighted by atomic mass is 9.96. The number of halogens is 3. The minimum absolute atomic E-state index is 0.0756. The van der Waals surface area contributed by atoms with Crippen molar-refractivity contribution in [2.45, 2.75) is 19.4 Å². The third-order valence-corrected chi connectivity index (χ3v) is 5.35. The van der Waals surface area contributed by atoms with Crippen LogP contribution in [-0.2, 0) is 11.3 Å². The number of benzene rings is 2. The first-order chi connectivity index (χ1) is 13.0. The van der Waals surface area contributed by atoms with E-state index in [9.17, 15) is 9.18 Å². The lowest BCUT2D eigenvalue weighted by Gasteiger charge is -2.31. The van der Waals surface area contributed by atoms with Crippen molar-refractivity contribution in [1.29, 1.82) is 0 Å². The summed E-state index contributed by atoms with van der Waals surface area (Å²) in [5, 5.41) is 5.03. The van der Waals surface area contributed by atoms with Crippen LogP contribution in [0, 0.1) is 11.7 Å². The molecule has 1 aliphatic rings. The van der Waals surface area contributed by atoms with Gasteiger partial charge in [-0.3, -0.25) is 9.69 Å². The molecule has 0 saturated carbocycles. The highest BCUT2D eigenvalue weighted by molar-refractivity contribution is 6.33. The first-order valence-corrected chi connectivity index (χ1v) is 9.52. The topological polar surface area (TPSA) is 44.7 Å². The van der Waals surface area contributed by atoms with Crippen molar-refractivity contribution in [2.75, 3.05) is 13.1 Å². The molecule has 0 aromatic heterocycles. The fourth-order valence-electron chi connectivity index (χ4n) is 3.08. The molecule has 2 aromatic carbocycles. The number of likely N-dealkylation sites (tertiary alicyclic amines) is 1. The fraction of sp³-hybridized carbons (Fsp3) is 0.300. The first-order valence-electron chi connectivity index (χ1n) is 8.76. The summed E-state index contributed by atoms with van der Waals surface area (Å²) >= 11 is 12.1. The Morgan fingerprint density at radius 1 is 1.19 bits per heavy atom. The minimum atomic E-state index is -0.337. The molecule has 1 saturated heterocycles. The molecule has 3 rings (SSSR count). The van der Waals surface area contributed by atoms with Crippen molar-refractivity contribution in [2.24, 2.45) is 11.0 Å². The van der Waals surface area contributed by atoms with Crippen molar-refractivity contribution in [3.8, 4) is 0 Å². The van der Waals surface area contributed by atoms with Crippen LogP contribution in [0.3, 0.4) is 0 Å². The van der Waals surface area contributed by atoms with Gasteiger partial charge in [0.25, 0.3) is 0 Å². The van der Waals surface area contributed by atoms with Crippen LogP contribution in [0.25, 0.3) is 0 Å². The Bertz CT molecular complexity index is 836. The highest BCUT2D eigenvalue weighted by Gasteiger charge is 2.25. The molecule has 0 atom stereocenters. The maximum absolute atomic E-state index is 13.1. The number of amides is 1. The number of nitrogens with one attached hydrogen (secondary N) is 1. The van der Waals surface area contributed by atoms with E-state index in [1.807, 2.05) is 18.2 Å². The SMILES string of the molecule is O=C(NN=Cc1ccccc1Cl)C1CCN(Cc2ccc(F)cc2Cl)CC1. The molecule has 1 fully saturated rings. The van der Waals surface area contributed by atoms with Crippen LogP contribution in [-0.4, -0.2) is 30.1 Å². The molecular weight excluding hydrogens is 388 g/mol. The van der Waals surface area contributed by atoms with E-state index in [0.717, 1.165) is 37.1 Å². The molecule has 4 nitrogen and oxygen atoms in total. The minimum Gasteiger partial charge on any atom is -0.299 e. The van der Waals surface area contributed by atoms with E-state index in [-0.39, 0.29) is 17.6 Å². The average Bonchev–Trinajstić information content (AvgIpc) is 2.66. The molecule has 7 heteroatoms. The molecule has 1 heterocycles. The zero-order valence-corrected chi connectivity index (χ0v) is 16.2. The van der Waals surface area contributed by atoms with Gasteiger partial charge in [-0.25, -0.2) is 9.82 Å². The Hall–Kier alpha value is -1.95. The Morgan fingerprint density at radius 3 is 2.63 bits per heavy atom. The normalized spacial score (nSPS) is 16.0. The van der Waals surface area contributed by atoms with E-state index < -0.39 is 0 Å². The van der Waals surface area contributed by atoms with Crippen molar-refractivity contribution >= 4 is 35.3 Å². The van der Waals surface area contributed by atoms with Crippen LogP contribution < -0.4 is 5.43 Å². The first kappa shape index (κ1) is 19.8. The van der Waals surface area contributed by atoms with Crippen LogP contribution in [0.4, 0.5) is 4.39 Å². The van der Waals surface area contributed by atoms with Gasteiger partial charge >= 0.3 is 0 Å². The van der Waals surface area contributed by atoms with Crippen molar-refractivity contribution in [3.63, 3.8) is 0 Å². The van der Waals surface area contributed by atoms with Gasteiger partial charge in [-0.2, -0.15) is 5.10 Å². The van der Waals surface area contributed by atoms with Gasteiger partial charge in [0.1, 0.15) is 5.82 Å². The van der Waals surface area contributed by atoms with Gasteiger partial charge in [0, 0.05) is 28.1 Å². The van der Waals surface area contributed by atoms with E-state index in [1.165, 1.54) is 12.1 Å². The smallest absolute Gasteiger partial charge is 0.243 e. The molecule has 0 spiro atoms. The van der Waals surface area contributed by atoms with Crippen molar-refractivity contribution < 1.29 is 9.18 Å². The third-order valence-electron chi connectivity index (χ3n) is 4.65. The molecule has 0 aliphatic carbocycles. The van der Waals surface area contributed by atoms with Gasteiger partial charge in [0.15, 0.2) is 0 Å². The molecule has 0 unspecified atom stereocenters. The summed E-state index contributed by atoms with van der Waals surface area (Å²) in [6.07, 6.45) is 3.03. The molecule has 2 aromatic rings. The average molecular weight is 408 g/mol. The fourth-order valence-corrected chi connectivity index (χ4v) is 3.49. The van der Waals surface area contributed by atoms with Crippen molar-refractivity contribution in [3.05, 3.63) is 69.5 Å². The molecule has 27 heavy (non-hydrogen) atoms. The van der Waals surface area contributed by atoms with Gasteiger partial charge in [-0.1, -0.05) is 47.5 Å². The van der Waals surface area contributed by atoms with Crippen LogP contribution in [0.2, 0.25) is 10.0 Å². The lowest BCUT2D eigenvalue weighted by molar-refractivity contribution is -0.126. The molecule has 1 aliphatic heterocycles. The lowest BCUT2D eigenvalue weighted by Crippen LogP contribution is -2.39. The summed E-state index contributed by atoms with van der Waals surface area (Å²) in [7, 11) is 0. The quantitative estimate of drug-likeness (QED) is 0.585. The van der Waals surface area contributed by atoms with E-state index in [4.69, 9.17) is 23.2 Å². The highest BCUT2D eigenvalue weighted by atomic mass is 35.5. The number of hydrogen-bond acceptors (Lipinski definition) is 3. The number of hydrogen-bond donors (Lipinski definition) is 1. The second-order valence-electron chi connectivity index (χ2n) is 6.54. The summed E-state index contributed by atoms with van der Waals surface area (Å²) < 4.78 is 13.1. The molecular formula is C20H20Cl2FN3O. The molecule has 142 valence electrons. The Balaban J connectivity index is 1.47. The van der Waals surface area contributed by atoms with E-state index in [0.29, 0.717) is 16.6 Å². The predicted molar refractivity (Wildman–Crippen MR) is 107 cm³/mol. The number of hydrazone groups is 1. The molecule has 0 bridgehead atoms. The Morgan fingerprint density at radius 2 is 1.93 bits per heavy atom. The largest absolute Gasteiger partial charge is 0.299 e. The standard InChI is InChI=1S/C20H20Cl2FN3O/c21-18-4-2-1-3-15(18)12-24-25-20(27)14-7-9-26(10-8-14)13-16-5-6-17(23)11-19(16)22/h1-6,11-12,14H,7-10,13H2,(H,25,27). The van der Waals surface area contributed by atoms with Crippen molar-refractivity contribution in [1.82, 2.24) is 10.3 Å². The summed E-state index contributed by atoms with van der Waals surface area (Å²) in [5.41, 5.74) is 4.25. The number of piperidine rings is 1. The maximum atomic E-state index is 13.1. The number of nitrogens with zero attached hydrogens (tertiary/aromatic N) is 2. The van der Waals surface area contributed by atoms with Crippen LogP contribution in [0.5, 0.6) is 0 Å². The van der Waals surface area contributed by atoms with Gasteiger partial charge in [0.2, 0.25) is 5.91 Å². The van der Waals surface area contributed by atoms with Gasteiger partial charge in [-0.05, 0) is 49.7 Å². The highest BCUT2D eigenvalue weighted by Crippen LogP contribution is 2.23. The Labute approximate surface area is 168 Å². The third kappa shape index (κ3) is 5.51. The van der Waals surface area contributed by atoms with Gasteiger partial charge in [0.05, 0.1) is 6.21 Å². The molecule has 0 radical (unpaired) electrons. The van der Waals surface area contributed by atoms with Gasteiger partial charge in [-0.15, -0.1) is 0 Å². The van der Waals surface area contributed by atoms with E-state index in [1.54, 1.807) is 18.3 Å². The number of rotatable bonds is 5. The zero-order valence-electron chi connectivity index (χ0n) is 14.7. The summed E-state index contributed by atoms with van der Waals surface area (Å²) in [4.78, 5) is 14.5. The van der Waals surface area contributed by atoms with E-state index in [2.05, 4.69) is 15.4 Å². The monoisotopic (exact) mass is 407 g/mol. The second-order valence-corrected chi connectivity index (χ2v) is 7.36. The zero-order chi connectivity index (χ0) is 19.2. The van der Waals surface area contributed by atoms with E-state index >= 15 is 0 Å². The Kier molecular flexibility index (Phi) is 6.83. The summed E-state index contributed by atoms with van der Waals surface area (Å²) in [6.45, 7) is 2.21. The summed E-state index contributed by atoms with van der Waals surface area (Å²) in [5.74, 6) is -0.498. The van der Waals surface area contributed by atoms with Crippen LogP contribution >= 0.6 is 23.2 Å². The summed E-state index contributed by atoms with van der Waals surface area (Å²) in [6, 6.07) is 11.8. The predicted octanol–water partition coefficient (Wildman–Crippen LogP) is 4.49. The van der Waals surface area contributed by atoms with Gasteiger partial charge < -0.3 is 0 Å². The number of carbonyl (C=O) groups is 1. The second kappa shape index (κ2) is 9.31. The molecule has 1 amide bonds. The van der Waals surface area contributed by atoms with Crippen LogP contribution in [0.15, 0.2) is 47.6 Å². The number of carbonyl (C=O) groups excluding carboxylic acids is 1. The maximum Gasteiger partial charge on any atom is 0.243 e. The molecule has 1 N–H and O–H groups in total.